The molecule has 0 aromatic carbocycles. The molecule has 0 spiro atoms. The molecule has 0 aromatic rings. The normalized spacial score (nSPS) is 38.8. The Morgan fingerprint density at radius 1 is 1.44 bits per heavy atom. The molecule has 1 saturated heterocycles. The molecule has 1 aliphatic heterocycles. The molecule has 0 aliphatic carbocycles. The molecule has 1 rings (SSSR count). The van der Waals surface area contributed by atoms with Crippen LogP contribution < -0.4 is 0 Å². The molecule has 0 bridgehead atoms. The highest BCUT2D eigenvalue weighted by Gasteiger charge is 2.46. The standard InChI is InChI=1S/C7H11N3O6/c8-10-9-3-5(13)4(12)2(1-11)16-6(3)7(14)15/h2-6,11-13H,1H2,(H,14,15)/t2?,3?,4-,5-,6?/m1/s1. The van der Waals surface area contributed by atoms with Crippen molar-refractivity contribution in [2.45, 2.75) is 30.5 Å². The molecule has 0 amide bonds. The van der Waals surface area contributed by atoms with E-state index in [2.05, 4.69) is 10.0 Å². The largest absolute Gasteiger partial charge is 0.479 e. The Kier molecular flexibility index (Phi) is 4.05. The second kappa shape index (κ2) is 5.10. The van der Waals surface area contributed by atoms with E-state index in [0.717, 1.165) is 0 Å². The van der Waals surface area contributed by atoms with Crippen molar-refractivity contribution in [2.24, 2.45) is 5.11 Å². The summed E-state index contributed by atoms with van der Waals surface area (Å²) in [6, 6.07) is -1.43. The highest BCUT2D eigenvalue weighted by molar-refractivity contribution is 5.73. The molecule has 0 aromatic heterocycles. The number of hydrogen-bond acceptors (Lipinski definition) is 6. The van der Waals surface area contributed by atoms with Gasteiger partial charge in [0.15, 0.2) is 6.10 Å². The van der Waals surface area contributed by atoms with E-state index in [1.54, 1.807) is 0 Å². The van der Waals surface area contributed by atoms with Crippen molar-refractivity contribution in [3.05, 3.63) is 10.4 Å². The minimum absolute atomic E-state index is 0.648. The van der Waals surface area contributed by atoms with Crippen LogP contribution in [0.1, 0.15) is 0 Å². The van der Waals surface area contributed by atoms with Crippen molar-refractivity contribution in [1.82, 2.24) is 0 Å². The van der Waals surface area contributed by atoms with Crippen LogP contribution in [0.15, 0.2) is 5.11 Å². The Morgan fingerprint density at radius 2 is 2.06 bits per heavy atom. The average Bonchev–Trinajstić information content (AvgIpc) is 2.25. The lowest BCUT2D eigenvalue weighted by Crippen LogP contribution is -2.59. The van der Waals surface area contributed by atoms with E-state index in [-0.39, 0.29) is 0 Å². The van der Waals surface area contributed by atoms with E-state index in [1.165, 1.54) is 0 Å². The van der Waals surface area contributed by atoms with Gasteiger partial charge in [-0.2, -0.15) is 0 Å². The summed E-state index contributed by atoms with van der Waals surface area (Å²) in [5.74, 6) is -1.44. The Morgan fingerprint density at radius 3 is 2.50 bits per heavy atom. The Balaban J connectivity index is 2.96. The third kappa shape index (κ3) is 2.23. The molecule has 3 unspecified atom stereocenters. The lowest BCUT2D eigenvalue weighted by Gasteiger charge is -2.38. The highest BCUT2D eigenvalue weighted by Crippen LogP contribution is 2.23. The molecule has 1 heterocycles. The smallest absolute Gasteiger partial charge is 0.333 e. The van der Waals surface area contributed by atoms with Crippen LogP contribution in [0.5, 0.6) is 0 Å². The molecule has 0 radical (unpaired) electrons. The Labute approximate surface area is 89.5 Å². The zero-order valence-corrected chi connectivity index (χ0v) is 8.04. The van der Waals surface area contributed by atoms with Gasteiger partial charge in [-0.3, -0.25) is 0 Å². The second-order valence-electron chi connectivity index (χ2n) is 3.29. The molecular formula is C7H11N3O6. The predicted molar refractivity (Wildman–Crippen MR) is 48.3 cm³/mol. The zero-order valence-electron chi connectivity index (χ0n) is 8.04. The van der Waals surface area contributed by atoms with Crippen LogP contribution in [-0.2, 0) is 9.53 Å². The summed E-state index contributed by atoms with van der Waals surface area (Å²) in [7, 11) is 0. The van der Waals surface area contributed by atoms with Gasteiger partial charge in [0.2, 0.25) is 0 Å². The van der Waals surface area contributed by atoms with Crippen LogP contribution in [0, 0.1) is 0 Å². The Bertz CT molecular complexity index is 317. The summed E-state index contributed by atoms with van der Waals surface area (Å²) >= 11 is 0. The number of azide groups is 1. The van der Waals surface area contributed by atoms with Crippen molar-refractivity contribution in [3.8, 4) is 0 Å². The van der Waals surface area contributed by atoms with Crippen LogP contribution in [-0.4, -0.2) is 63.5 Å². The van der Waals surface area contributed by atoms with Gasteiger partial charge in [0.25, 0.3) is 0 Å². The van der Waals surface area contributed by atoms with E-state index >= 15 is 0 Å². The summed E-state index contributed by atoms with van der Waals surface area (Å²) in [5.41, 5.74) is 8.21. The number of nitrogens with zero attached hydrogens (tertiary/aromatic N) is 3. The number of ether oxygens (including phenoxy) is 1. The van der Waals surface area contributed by atoms with Gasteiger partial charge < -0.3 is 25.2 Å². The first kappa shape index (κ1) is 12.7. The van der Waals surface area contributed by atoms with Crippen molar-refractivity contribution < 1.29 is 30.0 Å². The minimum Gasteiger partial charge on any atom is -0.479 e. The van der Waals surface area contributed by atoms with Gasteiger partial charge in [-0.25, -0.2) is 4.79 Å². The molecule has 0 saturated carbocycles. The number of rotatable bonds is 3. The van der Waals surface area contributed by atoms with Gasteiger partial charge in [0.05, 0.1) is 12.7 Å². The van der Waals surface area contributed by atoms with Crippen molar-refractivity contribution in [3.63, 3.8) is 0 Å². The molecule has 4 N–H and O–H groups in total. The van der Waals surface area contributed by atoms with Gasteiger partial charge >= 0.3 is 5.97 Å². The molecule has 1 fully saturated rings. The fraction of sp³-hybridized carbons (Fsp3) is 0.857. The molecule has 9 heteroatoms. The SMILES string of the molecule is [N-]=[N+]=NC1C(C(=O)O)OC(CO)[C@@H](O)[C@@H]1O. The van der Waals surface area contributed by atoms with Crippen LogP contribution in [0.2, 0.25) is 0 Å². The zero-order chi connectivity index (χ0) is 12.3. The predicted octanol–water partition coefficient (Wildman–Crippen LogP) is -1.77. The van der Waals surface area contributed by atoms with E-state index in [1.807, 2.05) is 0 Å². The molecule has 90 valence electrons. The second-order valence-corrected chi connectivity index (χ2v) is 3.29. The van der Waals surface area contributed by atoms with Crippen molar-refractivity contribution >= 4 is 5.97 Å². The highest BCUT2D eigenvalue weighted by atomic mass is 16.5. The maximum absolute atomic E-state index is 10.8. The van der Waals surface area contributed by atoms with Crippen LogP contribution in [0.25, 0.3) is 10.4 Å². The third-order valence-electron chi connectivity index (χ3n) is 2.32. The lowest BCUT2D eigenvalue weighted by atomic mass is 9.93. The maximum atomic E-state index is 10.8. The quantitative estimate of drug-likeness (QED) is 0.257. The van der Waals surface area contributed by atoms with Gasteiger partial charge in [0, 0.05) is 4.91 Å². The van der Waals surface area contributed by atoms with E-state index in [4.69, 9.17) is 20.5 Å². The number of hydrogen-bond donors (Lipinski definition) is 4. The van der Waals surface area contributed by atoms with Crippen molar-refractivity contribution in [1.29, 1.82) is 0 Å². The number of carboxylic acid groups (broad SMARTS) is 1. The van der Waals surface area contributed by atoms with E-state index < -0.39 is 43.0 Å². The van der Waals surface area contributed by atoms with Crippen molar-refractivity contribution in [2.75, 3.05) is 6.61 Å². The molecule has 16 heavy (non-hydrogen) atoms. The molecule has 9 nitrogen and oxygen atoms in total. The third-order valence-corrected chi connectivity index (χ3v) is 2.32. The lowest BCUT2D eigenvalue weighted by molar-refractivity contribution is -0.202. The van der Waals surface area contributed by atoms with E-state index in [0.29, 0.717) is 0 Å². The average molecular weight is 233 g/mol. The fourth-order valence-electron chi connectivity index (χ4n) is 1.49. The first-order chi connectivity index (χ1) is 7.52. The summed E-state index contributed by atoms with van der Waals surface area (Å²) in [5, 5.41) is 39.6. The van der Waals surface area contributed by atoms with Crippen LogP contribution >= 0.6 is 0 Å². The van der Waals surface area contributed by atoms with Gasteiger partial charge in [-0.1, -0.05) is 5.11 Å². The first-order valence-electron chi connectivity index (χ1n) is 4.42. The van der Waals surface area contributed by atoms with Crippen LogP contribution in [0.4, 0.5) is 0 Å². The van der Waals surface area contributed by atoms with E-state index in [9.17, 15) is 15.0 Å². The summed E-state index contributed by atoms with van der Waals surface area (Å²) < 4.78 is 4.82. The fourth-order valence-corrected chi connectivity index (χ4v) is 1.49. The maximum Gasteiger partial charge on any atom is 0.333 e. The molecule has 1 aliphatic rings. The molecular weight excluding hydrogens is 222 g/mol. The summed E-state index contributed by atoms with van der Waals surface area (Å²) in [4.78, 5) is 13.1. The Hall–Kier alpha value is -1.38. The topological polar surface area (TPSA) is 156 Å². The number of aliphatic carboxylic acids is 1. The number of carboxylic acids is 1. The number of aliphatic hydroxyl groups excluding tert-OH is 3. The van der Waals surface area contributed by atoms with Crippen LogP contribution in [0.3, 0.4) is 0 Å². The van der Waals surface area contributed by atoms with Gasteiger partial charge in [0.1, 0.15) is 18.2 Å². The van der Waals surface area contributed by atoms with Gasteiger partial charge in [-0.15, -0.1) is 0 Å². The van der Waals surface area contributed by atoms with Gasteiger partial charge in [-0.05, 0) is 5.53 Å². The molecule has 5 atom stereocenters. The number of carbonyl (C=O) groups is 1. The number of aliphatic hydroxyl groups is 3. The first-order valence-corrected chi connectivity index (χ1v) is 4.42. The summed E-state index contributed by atoms with van der Waals surface area (Å²) in [6.07, 6.45) is -5.91. The monoisotopic (exact) mass is 233 g/mol. The summed E-state index contributed by atoms with van der Waals surface area (Å²) in [6.45, 7) is -0.648. The minimum atomic E-state index is -1.59.